The van der Waals surface area contributed by atoms with Crippen LogP contribution in [-0.4, -0.2) is 60.5 Å². The molecule has 1 amide bonds. The number of likely N-dealkylation sites (N-methyl/N-ethyl adjacent to an activating group) is 1. The summed E-state index contributed by atoms with van der Waals surface area (Å²) in [7, 11) is 0. The SMILES string of the molecule is CCCC(CC(=O)NCC(C)(C)N1CCN(CC)CC1)c1ccc(F)cc1. The summed E-state index contributed by atoms with van der Waals surface area (Å²) in [6.45, 7) is 14.8. The monoisotopic (exact) mass is 377 g/mol. The molecule has 0 saturated carbocycles. The van der Waals surface area contributed by atoms with Crippen molar-refractivity contribution in [3.8, 4) is 0 Å². The summed E-state index contributed by atoms with van der Waals surface area (Å²) in [6, 6.07) is 6.57. The highest BCUT2D eigenvalue weighted by molar-refractivity contribution is 5.77. The summed E-state index contributed by atoms with van der Waals surface area (Å²) in [5.74, 6) is -0.00627. The predicted molar refractivity (Wildman–Crippen MR) is 109 cm³/mol. The Labute approximate surface area is 164 Å². The Kier molecular flexibility index (Phi) is 8.24. The lowest BCUT2D eigenvalue weighted by molar-refractivity contribution is -0.122. The molecular formula is C22H36FN3O. The first-order chi connectivity index (χ1) is 12.9. The van der Waals surface area contributed by atoms with Crippen LogP contribution in [-0.2, 0) is 4.79 Å². The number of nitrogens with zero attached hydrogens (tertiary/aromatic N) is 2. The van der Waals surface area contributed by atoms with Gasteiger partial charge in [-0.1, -0.05) is 32.4 Å². The summed E-state index contributed by atoms with van der Waals surface area (Å²) in [4.78, 5) is 17.5. The van der Waals surface area contributed by atoms with Gasteiger partial charge in [0.25, 0.3) is 0 Å². The van der Waals surface area contributed by atoms with E-state index in [1.54, 1.807) is 12.1 Å². The second-order valence-electron chi connectivity index (χ2n) is 8.25. The van der Waals surface area contributed by atoms with Crippen LogP contribution < -0.4 is 5.32 Å². The molecule has 1 aromatic rings. The molecule has 152 valence electrons. The van der Waals surface area contributed by atoms with E-state index in [9.17, 15) is 9.18 Å². The minimum atomic E-state index is -0.233. The number of rotatable bonds is 9. The van der Waals surface area contributed by atoms with Gasteiger partial charge in [-0.05, 0) is 50.4 Å². The van der Waals surface area contributed by atoms with E-state index < -0.39 is 0 Å². The lowest BCUT2D eigenvalue weighted by Gasteiger charge is -2.44. The average Bonchev–Trinajstić information content (AvgIpc) is 2.67. The molecular weight excluding hydrogens is 341 g/mol. The van der Waals surface area contributed by atoms with Crippen molar-refractivity contribution in [1.82, 2.24) is 15.1 Å². The average molecular weight is 378 g/mol. The van der Waals surface area contributed by atoms with Crippen LogP contribution in [0.2, 0.25) is 0 Å². The quantitative estimate of drug-likeness (QED) is 0.714. The van der Waals surface area contributed by atoms with Gasteiger partial charge in [0, 0.05) is 44.7 Å². The summed E-state index contributed by atoms with van der Waals surface area (Å²) >= 11 is 0. The van der Waals surface area contributed by atoms with E-state index >= 15 is 0 Å². The van der Waals surface area contributed by atoms with Gasteiger partial charge < -0.3 is 10.2 Å². The Morgan fingerprint density at radius 2 is 1.78 bits per heavy atom. The summed E-state index contributed by atoms with van der Waals surface area (Å²) in [5.41, 5.74) is 0.995. The van der Waals surface area contributed by atoms with Crippen molar-refractivity contribution in [3.05, 3.63) is 35.6 Å². The Morgan fingerprint density at radius 3 is 2.33 bits per heavy atom. The van der Waals surface area contributed by atoms with Gasteiger partial charge in [-0.15, -0.1) is 0 Å². The zero-order valence-electron chi connectivity index (χ0n) is 17.4. The number of halogens is 1. The molecule has 27 heavy (non-hydrogen) atoms. The lowest BCUT2D eigenvalue weighted by atomic mass is 9.91. The maximum Gasteiger partial charge on any atom is 0.220 e. The number of amides is 1. The van der Waals surface area contributed by atoms with Gasteiger partial charge in [0.2, 0.25) is 5.91 Å². The third-order valence-electron chi connectivity index (χ3n) is 5.80. The van der Waals surface area contributed by atoms with E-state index in [-0.39, 0.29) is 23.2 Å². The van der Waals surface area contributed by atoms with Crippen molar-refractivity contribution in [2.75, 3.05) is 39.3 Å². The molecule has 1 aromatic carbocycles. The molecule has 1 heterocycles. The van der Waals surface area contributed by atoms with E-state index in [1.807, 2.05) is 0 Å². The highest BCUT2D eigenvalue weighted by Gasteiger charge is 2.30. The standard InChI is InChI=1S/C22H36FN3O/c1-5-7-19(18-8-10-20(23)11-9-18)16-21(27)24-17-22(3,4)26-14-12-25(6-2)13-15-26/h8-11,19H,5-7,12-17H2,1-4H3,(H,24,27). The van der Waals surface area contributed by atoms with Crippen molar-refractivity contribution >= 4 is 5.91 Å². The normalized spacial score (nSPS) is 17.7. The van der Waals surface area contributed by atoms with Crippen LogP contribution in [0, 0.1) is 5.82 Å². The smallest absolute Gasteiger partial charge is 0.220 e. The Balaban J connectivity index is 1.86. The van der Waals surface area contributed by atoms with Crippen molar-refractivity contribution in [1.29, 1.82) is 0 Å². The Hall–Kier alpha value is -1.46. The minimum absolute atomic E-state index is 0.0500. The Morgan fingerprint density at radius 1 is 1.15 bits per heavy atom. The molecule has 1 unspecified atom stereocenters. The highest BCUT2D eigenvalue weighted by Crippen LogP contribution is 2.25. The number of nitrogens with one attached hydrogen (secondary N) is 1. The van der Waals surface area contributed by atoms with Crippen LogP contribution in [0.1, 0.15) is 58.4 Å². The third kappa shape index (κ3) is 6.58. The number of hydrogen-bond donors (Lipinski definition) is 1. The molecule has 1 N–H and O–H groups in total. The fraction of sp³-hybridized carbons (Fsp3) is 0.682. The molecule has 1 fully saturated rings. The fourth-order valence-electron chi connectivity index (χ4n) is 3.86. The summed E-state index contributed by atoms with van der Waals surface area (Å²) < 4.78 is 13.2. The van der Waals surface area contributed by atoms with Crippen LogP contribution >= 0.6 is 0 Å². The number of carbonyl (C=O) groups is 1. The maximum absolute atomic E-state index is 13.2. The van der Waals surface area contributed by atoms with Crippen molar-refractivity contribution in [2.24, 2.45) is 0 Å². The van der Waals surface area contributed by atoms with Gasteiger partial charge in [-0.25, -0.2) is 4.39 Å². The molecule has 0 bridgehead atoms. The van der Waals surface area contributed by atoms with E-state index in [0.717, 1.165) is 51.1 Å². The number of piperazine rings is 1. The van der Waals surface area contributed by atoms with Gasteiger partial charge in [0.15, 0.2) is 0 Å². The Bertz CT molecular complexity index is 580. The van der Waals surface area contributed by atoms with Crippen LogP contribution in [0.3, 0.4) is 0 Å². The van der Waals surface area contributed by atoms with E-state index in [0.29, 0.717) is 13.0 Å². The van der Waals surface area contributed by atoms with Crippen molar-refractivity contribution in [3.63, 3.8) is 0 Å². The third-order valence-corrected chi connectivity index (χ3v) is 5.80. The van der Waals surface area contributed by atoms with Crippen LogP contribution in [0.15, 0.2) is 24.3 Å². The van der Waals surface area contributed by atoms with Gasteiger partial charge >= 0.3 is 0 Å². The molecule has 0 aromatic heterocycles. The molecule has 2 rings (SSSR count). The molecule has 0 radical (unpaired) electrons. The molecule has 5 heteroatoms. The highest BCUT2D eigenvalue weighted by atomic mass is 19.1. The number of carbonyl (C=O) groups excluding carboxylic acids is 1. The molecule has 1 atom stereocenters. The van der Waals surface area contributed by atoms with Gasteiger partial charge in [-0.2, -0.15) is 0 Å². The molecule has 0 spiro atoms. The molecule has 1 saturated heterocycles. The zero-order chi connectivity index (χ0) is 19.9. The van der Waals surface area contributed by atoms with Crippen molar-refractivity contribution in [2.45, 2.75) is 58.4 Å². The van der Waals surface area contributed by atoms with E-state index in [1.165, 1.54) is 12.1 Å². The fourth-order valence-corrected chi connectivity index (χ4v) is 3.86. The molecule has 1 aliphatic rings. The largest absolute Gasteiger partial charge is 0.354 e. The zero-order valence-corrected chi connectivity index (χ0v) is 17.4. The van der Waals surface area contributed by atoms with E-state index in [4.69, 9.17) is 0 Å². The molecule has 0 aliphatic carbocycles. The molecule has 4 nitrogen and oxygen atoms in total. The molecule has 1 aliphatic heterocycles. The van der Waals surface area contributed by atoms with Gasteiger partial charge in [0.05, 0.1) is 0 Å². The second kappa shape index (κ2) is 10.2. The van der Waals surface area contributed by atoms with Gasteiger partial charge in [-0.3, -0.25) is 9.69 Å². The van der Waals surface area contributed by atoms with Crippen LogP contribution in [0.25, 0.3) is 0 Å². The summed E-state index contributed by atoms with van der Waals surface area (Å²) in [6.07, 6.45) is 2.39. The first kappa shape index (κ1) is 21.8. The van der Waals surface area contributed by atoms with Gasteiger partial charge in [0.1, 0.15) is 5.82 Å². The van der Waals surface area contributed by atoms with Crippen LogP contribution in [0.5, 0.6) is 0 Å². The first-order valence-electron chi connectivity index (χ1n) is 10.3. The lowest BCUT2D eigenvalue weighted by Crippen LogP contribution is -2.58. The first-order valence-corrected chi connectivity index (χ1v) is 10.3. The number of hydrogen-bond acceptors (Lipinski definition) is 3. The van der Waals surface area contributed by atoms with E-state index in [2.05, 4.69) is 42.8 Å². The maximum atomic E-state index is 13.2. The topological polar surface area (TPSA) is 35.6 Å². The predicted octanol–water partition coefficient (Wildman–Crippen LogP) is 3.63. The second-order valence-corrected chi connectivity index (χ2v) is 8.25. The van der Waals surface area contributed by atoms with Crippen LogP contribution in [0.4, 0.5) is 4.39 Å². The summed E-state index contributed by atoms with van der Waals surface area (Å²) in [5, 5.41) is 3.15. The van der Waals surface area contributed by atoms with Crippen molar-refractivity contribution < 1.29 is 9.18 Å². The minimum Gasteiger partial charge on any atom is -0.354 e. The number of benzene rings is 1.